The van der Waals surface area contributed by atoms with Gasteiger partial charge >= 0.3 is 0 Å². The first kappa shape index (κ1) is 11.5. The minimum Gasteiger partial charge on any atom is -0.223 e. The van der Waals surface area contributed by atoms with Crippen molar-refractivity contribution < 1.29 is 8.42 Å². The van der Waals surface area contributed by atoms with Gasteiger partial charge < -0.3 is 0 Å². The molecule has 0 atom stereocenters. The van der Waals surface area contributed by atoms with Gasteiger partial charge in [0.05, 0.1) is 10.1 Å². The molecule has 18 heavy (non-hydrogen) atoms. The number of sulfone groups is 1. The van der Waals surface area contributed by atoms with Gasteiger partial charge in [-0.05, 0) is 36.1 Å². The van der Waals surface area contributed by atoms with Crippen LogP contribution in [0.4, 0.5) is 0 Å². The third-order valence-corrected chi connectivity index (χ3v) is 5.66. The van der Waals surface area contributed by atoms with Crippen molar-refractivity contribution in [1.82, 2.24) is 0 Å². The van der Waals surface area contributed by atoms with E-state index >= 15 is 0 Å². The third kappa shape index (κ3) is 1.85. The lowest BCUT2D eigenvalue weighted by molar-refractivity contribution is 0.581. The van der Waals surface area contributed by atoms with Crippen LogP contribution >= 0.6 is 0 Å². The molecule has 0 saturated carbocycles. The molecule has 2 nitrogen and oxygen atoms in total. The van der Waals surface area contributed by atoms with Gasteiger partial charge in [-0.1, -0.05) is 42.5 Å². The fraction of sp³-hybridized carbons (Fsp3) is 0.200. The number of hydrogen-bond donors (Lipinski definition) is 0. The molecule has 0 heterocycles. The molecular weight excluding hydrogens is 244 g/mol. The first-order valence-corrected chi connectivity index (χ1v) is 7.58. The summed E-state index contributed by atoms with van der Waals surface area (Å²) in [6.45, 7) is 0. The average Bonchev–Trinajstić information content (AvgIpc) is 2.84. The molecule has 1 aliphatic carbocycles. The van der Waals surface area contributed by atoms with E-state index in [2.05, 4.69) is 0 Å². The van der Waals surface area contributed by atoms with Crippen LogP contribution in [0.5, 0.6) is 0 Å². The third-order valence-electron chi connectivity index (χ3n) is 3.52. The molecule has 0 radical (unpaired) electrons. The summed E-state index contributed by atoms with van der Waals surface area (Å²) in [5.74, 6) is 0. The normalized spacial score (nSPS) is 15.6. The lowest BCUT2D eigenvalue weighted by atomic mass is 10.1. The molecule has 2 aromatic rings. The topological polar surface area (TPSA) is 34.1 Å². The van der Waals surface area contributed by atoms with E-state index in [9.17, 15) is 8.42 Å². The molecule has 0 aliphatic heterocycles. The summed E-state index contributed by atoms with van der Waals surface area (Å²) in [5, 5.41) is -0.308. The second-order valence-electron chi connectivity index (χ2n) is 4.66. The van der Waals surface area contributed by atoms with Gasteiger partial charge in [0, 0.05) is 0 Å². The maximum atomic E-state index is 12.5. The van der Waals surface area contributed by atoms with Crippen LogP contribution < -0.4 is 0 Å². The van der Waals surface area contributed by atoms with Gasteiger partial charge in [-0.3, -0.25) is 0 Å². The Labute approximate surface area is 107 Å². The fourth-order valence-electron chi connectivity index (χ4n) is 2.54. The minimum atomic E-state index is -3.21. The summed E-state index contributed by atoms with van der Waals surface area (Å²) < 4.78 is 25.0. The Kier molecular flexibility index (Phi) is 2.71. The predicted molar refractivity (Wildman–Crippen MR) is 71.3 cm³/mol. The van der Waals surface area contributed by atoms with Crippen LogP contribution in [-0.2, 0) is 22.7 Å². The van der Waals surface area contributed by atoms with Crippen LogP contribution in [0.3, 0.4) is 0 Å². The molecule has 0 unspecified atom stereocenters. The summed E-state index contributed by atoms with van der Waals surface area (Å²) >= 11 is 0. The van der Waals surface area contributed by atoms with Crippen LogP contribution in [0.1, 0.15) is 11.1 Å². The molecular formula is C15H14O2S. The van der Waals surface area contributed by atoms with Gasteiger partial charge in [-0.15, -0.1) is 0 Å². The quantitative estimate of drug-likeness (QED) is 0.830. The highest BCUT2D eigenvalue weighted by Crippen LogP contribution is 2.29. The van der Waals surface area contributed by atoms with Gasteiger partial charge in [0.1, 0.15) is 0 Å². The smallest absolute Gasteiger partial charge is 0.181 e. The number of benzene rings is 2. The van der Waals surface area contributed by atoms with Gasteiger partial charge in [-0.2, -0.15) is 0 Å². The fourth-order valence-corrected chi connectivity index (χ4v) is 4.26. The Morgan fingerprint density at radius 1 is 0.778 bits per heavy atom. The number of rotatable bonds is 2. The zero-order chi connectivity index (χ0) is 12.6. The van der Waals surface area contributed by atoms with Crippen LogP contribution in [0.25, 0.3) is 0 Å². The van der Waals surface area contributed by atoms with Crippen molar-refractivity contribution in [3.63, 3.8) is 0 Å². The lowest BCUT2D eigenvalue weighted by Crippen LogP contribution is -2.21. The Bertz CT molecular complexity index is 635. The molecule has 0 bridgehead atoms. The van der Waals surface area contributed by atoms with Gasteiger partial charge in [0.2, 0.25) is 0 Å². The van der Waals surface area contributed by atoms with E-state index in [1.807, 2.05) is 30.3 Å². The SMILES string of the molecule is O=S(=O)(c1ccccc1)C1Cc2ccccc2C1. The van der Waals surface area contributed by atoms with E-state index in [0.29, 0.717) is 17.7 Å². The van der Waals surface area contributed by atoms with E-state index < -0.39 is 9.84 Å². The van der Waals surface area contributed by atoms with E-state index in [-0.39, 0.29) is 5.25 Å². The standard InChI is InChI=1S/C15H14O2S/c16-18(17,14-8-2-1-3-9-14)15-10-12-6-4-5-7-13(12)11-15/h1-9,15H,10-11H2. The van der Waals surface area contributed by atoms with Crippen molar-refractivity contribution in [2.24, 2.45) is 0 Å². The molecule has 0 fully saturated rings. The maximum absolute atomic E-state index is 12.5. The molecule has 0 saturated heterocycles. The lowest BCUT2D eigenvalue weighted by Gasteiger charge is -2.10. The van der Waals surface area contributed by atoms with Gasteiger partial charge in [-0.25, -0.2) is 8.42 Å². The average molecular weight is 258 g/mol. The first-order valence-electron chi connectivity index (χ1n) is 6.03. The molecule has 92 valence electrons. The molecule has 2 aromatic carbocycles. The van der Waals surface area contributed by atoms with E-state index in [0.717, 1.165) is 0 Å². The van der Waals surface area contributed by atoms with Gasteiger partial charge in [0.15, 0.2) is 9.84 Å². The molecule has 3 rings (SSSR count). The van der Waals surface area contributed by atoms with Crippen LogP contribution in [-0.4, -0.2) is 13.7 Å². The molecule has 1 aliphatic rings. The first-order chi connectivity index (χ1) is 8.68. The van der Waals surface area contributed by atoms with Crippen molar-refractivity contribution in [3.8, 4) is 0 Å². The Morgan fingerprint density at radius 3 is 1.83 bits per heavy atom. The Morgan fingerprint density at radius 2 is 1.28 bits per heavy atom. The predicted octanol–water partition coefficient (Wildman–Crippen LogP) is 2.63. The van der Waals surface area contributed by atoms with Crippen molar-refractivity contribution in [2.45, 2.75) is 23.0 Å². The summed E-state index contributed by atoms with van der Waals surface area (Å²) in [6.07, 6.45) is 1.26. The highest BCUT2D eigenvalue weighted by molar-refractivity contribution is 7.92. The van der Waals surface area contributed by atoms with Crippen LogP contribution in [0, 0.1) is 0 Å². The van der Waals surface area contributed by atoms with Gasteiger partial charge in [0.25, 0.3) is 0 Å². The zero-order valence-electron chi connectivity index (χ0n) is 9.91. The highest BCUT2D eigenvalue weighted by Gasteiger charge is 2.32. The molecule has 0 amide bonds. The summed E-state index contributed by atoms with van der Waals surface area (Å²) in [6, 6.07) is 16.7. The minimum absolute atomic E-state index is 0.308. The molecule has 0 aromatic heterocycles. The second-order valence-corrected chi connectivity index (χ2v) is 6.89. The van der Waals surface area contributed by atoms with Crippen molar-refractivity contribution in [1.29, 1.82) is 0 Å². The van der Waals surface area contributed by atoms with E-state index in [1.165, 1.54) is 11.1 Å². The largest absolute Gasteiger partial charge is 0.223 e. The van der Waals surface area contributed by atoms with Crippen LogP contribution in [0.2, 0.25) is 0 Å². The van der Waals surface area contributed by atoms with Crippen LogP contribution in [0.15, 0.2) is 59.5 Å². The Hall–Kier alpha value is -1.61. The monoisotopic (exact) mass is 258 g/mol. The van der Waals surface area contributed by atoms with Crippen molar-refractivity contribution >= 4 is 9.84 Å². The van der Waals surface area contributed by atoms with Crippen molar-refractivity contribution in [2.75, 3.05) is 0 Å². The van der Waals surface area contributed by atoms with E-state index in [1.54, 1.807) is 24.3 Å². The zero-order valence-corrected chi connectivity index (χ0v) is 10.7. The molecule has 3 heteroatoms. The maximum Gasteiger partial charge on any atom is 0.181 e. The van der Waals surface area contributed by atoms with Crippen molar-refractivity contribution in [3.05, 3.63) is 65.7 Å². The second kappa shape index (κ2) is 4.25. The number of fused-ring (bicyclic) bond motifs is 1. The summed E-state index contributed by atoms with van der Waals surface area (Å²) in [5.41, 5.74) is 2.34. The molecule has 0 spiro atoms. The highest BCUT2D eigenvalue weighted by atomic mass is 32.2. The van der Waals surface area contributed by atoms with E-state index in [4.69, 9.17) is 0 Å². The Balaban J connectivity index is 1.95. The molecule has 0 N–H and O–H groups in total. The summed E-state index contributed by atoms with van der Waals surface area (Å²) in [7, 11) is -3.21. The summed E-state index contributed by atoms with van der Waals surface area (Å²) in [4.78, 5) is 0.433. The number of hydrogen-bond acceptors (Lipinski definition) is 2.